The van der Waals surface area contributed by atoms with Crippen molar-refractivity contribution in [3.8, 4) is 11.3 Å². The molecule has 27 heavy (non-hydrogen) atoms. The van der Waals surface area contributed by atoms with Crippen LogP contribution in [-0.2, 0) is 4.79 Å². The minimum absolute atomic E-state index is 0.165. The van der Waals surface area contributed by atoms with Crippen molar-refractivity contribution in [2.45, 2.75) is 31.8 Å². The standard InChI is InChI=1S/C20H23N5OS/c1-14-3-5-16(6-4-14)17-7-8-18-21-22-20(25(18)23-17)27-13-19(26)24-11-9-15(2)10-12-24/h3-8,15H,9-13H2,1-2H3. The zero-order chi connectivity index (χ0) is 18.8. The van der Waals surface area contributed by atoms with E-state index in [1.54, 1.807) is 4.52 Å². The lowest BCUT2D eigenvalue weighted by molar-refractivity contribution is -0.129. The van der Waals surface area contributed by atoms with Gasteiger partial charge in [0.1, 0.15) is 0 Å². The van der Waals surface area contributed by atoms with Gasteiger partial charge in [-0.1, -0.05) is 48.5 Å². The van der Waals surface area contributed by atoms with Crippen LogP contribution >= 0.6 is 11.8 Å². The van der Waals surface area contributed by atoms with Gasteiger partial charge in [-0.05, 0) is 37.8 Å². The maximum atomic E-state index is 12.5. The van der Waals surface area contributed by atoms with E-state index in [0.717, 1.165) is 37.2 Å². The van der Waals surface area contributed by atoms with Crippen molar-refractivity contribution in [2.75, 3.05) is 18.8 Å². The number of likely N-dealkylation sites (tertiary alicyclic amines) is 1. The summed E-state index contributed by atoms with van der Waals surface area (Å²) in [5.74, 6) is 1.25. The first-order valence-corrected chi connectivity index (χ1v) is 10.3. The van der Waals surface area contributed by atoms with Gasteiger partial charge in [0, 0.05) is 18.7 Å². The van der Waals surface area contributed by atoms with Crippen LogP contribution in [0.4, 0.5) is 0 Å². The number of carbonyl (C=O) groups is 1. The Morgan fingerprint density at radius 1 is 1.11 bits per heavy atom. The number of hydrogen-bond donors (Lipinski definition) is 0. The number of aromatic nitrogens is 4. The molecule has 1 aromatic carbocycles. The summed E-state index contributed by atoms with van der Waals surface area (Å²) in [6, 6.07) is 12.1. The zero-order valence-electron chi connectivity index (χ0n) is 15.6. The number of aryl methyl sites for hydroxylation is 1. The average molecular weight is 382 g/mol. The summed E-state index contributed by atoms with van der Waals surface area (Å²) in [7, 11) is 0. The van der Waals surface area contributed by atoms with E-state index in [1.807, 2.05) is 17.0 Å². The zero-order valence-corrected chi connectivity index (χ0v) is 16.4. The number of nitrogens with zero attached hydrogens (tertiary/aromatic N) is 5. The summed E-state index contributed by atoms with van der Waals surface area (Å²) in [5.41, 5.74) is 3.81. The summed E-state index contributed by atoms with van der Waals surface area (Å²) in [4.78, 5) is 14.4. The molecule has 0 aliphatic carbocycles. The Hall–Kier alpha value is -2.41. The first kappa shape index (κ1) is 18.0. The lowest BCUT2D eigenvalue weighted by Crippen LogP contribution is -2.38. The van der Waals surface area contributed by atoms with Crippen molar-refractivity contribution in [1.82, 2.24) is 24.7 Å². The van der Waals surface area contributed by atoms with Crippen molar-refractivity contribution in [2.24, 2.45) is 5.92 Å². The SMILES string of the molecule is Cc1ccc(-c2ccc3nnc(SCC(=O)N4CCC(C)CC4)n3n2)cc1. The number of amides is 1. The van der Waals surface area contributed by atoms with Gasteiger partial charge in [0.25, 0.3) is 0 Å². The molecule has 6 nitrogen and oxygen atoms in total. The molecule has 0 N–H and O–H groups in total. The topological polar surface area (TPSA) is 63.4 Å². The summed E-state index contributed by atoms with van der Waals surface area (Å²) >= 11 is 1.40. The van der Waals surface area contributed by atoms with Gasteiger partial charge in [0.05, 0.1) is 11.4 Å². The van der Waals surface area contributed by atoms with E-state index in [9.17, 15) is 4.79 Å². The van der Waals surface area contributed by atoms with Crippen LogP contribution in [0.2, 0.25) is 0 Å². The number of carbonyl (C=O) groups excluding carboxylic acids is 1. The molecule has 2 aromatic heterocycles. The Bertz CT molecular complexity index is 945. The Balaban J connectivity index is 1.49. The van der Waals surface area contributed by atoms with Gasteiger partial charge in [0.15, 0.2) is 5.65 Å². The lowest BCUT2D eigenvalue weighted by atomic mass is 9.99. The van der Waals surface area contributed by atoms with E-state index in [0.29, 0.717) is 22.5 Å². The van der Waals surface area contributed by atoms with Gasteiger partial charge in [-0.2, -0.15) is 9.61 Å². The Kier molecular flexibility index (Phi) is 5.11. The quantitative estimate of drug-likeness (QED) is 0.648. The second-order valence-corrected chi connectivity index (χ2v) is 8.13. The maximum Gasteiger partial charge on any atom is 0.233 e. The molecule has 0 radical (unpaired) electrons. The van der Waals surface area contributed by atoms with Gasteiger partial charge in [0.2, 0.25) is 11.1 Å². The summed E-state index contributed by atoms with van der Waals surface area (Å²) < 4.78 is 1.73. The molecular formula is C20H23N5OS. The summed E-state index contributed by atoms with van der Waals surface area (Å²) in [6.45, 7) is 6.03. The monoisotopic (exact) mass is 381 g/mol. The predicted octanol–water partition coefficient (Wildman–Crippen LogP) is 3.45. The van der Waals surface area contributed by atoms with Crippen molar-refractivity contribution < 1.29 is 4.79 Å². The fourth-order valence-electron chi connectivity index (χ4n) is 3.21. The smallest absolute Gasteiger partial charge is 0.233 e. The molecule has 0 spiro atoms. The Morgan fingerprint density at radius 2 is 1.85 bits per heavy atom. The fraction of sp³-hybridized carbons (Fsp3) is 0.400. The first-order valence-electron chi connectivity index (χ1n) is 9.30. The van der Waals surface area contributed by atoms with Crippen LogP contribution in [0.15, 0.2) is 41.6 Å². The molecule has 1 fully saturated rings. The molecule has 1 aliphatic rings. The summed E-state index contributed by atoms with van der Waals surface area (Å²) in [6.07, 6.45) is 2.18. The van der Waals surface area contributed by atoms with E-state index >= 15 is 0 Å². The molecule has 0 bridgehead atoms. The molecule has 3 heterocycles. The van der Waals surface area contributed by atoms with Crippen molar-refractivity contribution >= 4 is 23.3 Å². The molecule has 0 unspecified atom stereocenters. The number of fused-ring (bicyclic) bond motifs is 1. The van der Waals surface area contributed by atoms with Crippen molar-refractivity contribution in [3.63, 3.8) is 0 Å². The van der Waals surface area contributed by atoms with Crippen LogP contribution in [0, 0.1) is 12.8 Å². The van der Waals surface area contributed by atoms with Crippen molar-refractivity contribution in [1.29, 1.82) is 0 Å². The minimum Gasteiger partial charge on any atom is -0.342 e. The second kappa shape index (κ2) is 7.68. The normalized spacial score (nSPS) is 15.4. The van der Waals surface area contributed by atoms with E-state index in [2.05, 4.69) is 53.4 Å². The van der Waals surface area contributed by atoms with Gasteiger partial charge in [-0.15, -0.1) is 10.2 Å². The highest BCUT2D eigenvalue weighted by atomic mass is 32.2. The lowest BCUT2D eigenvalue weighted by Gasteiger charge is -2.30. The first-order chi connectivity index (χ1) is 13.1. The van der Waals surface area contributed by atoms with Crippen LogP contribution in [0.1, 0.15) is 25.3 Å². The van der Waals surface area contributed by atoms with Crippen LogP contribution < -0.4 is 0 Å². The van der Waals surface area contributed by atoms with Gasteiger partial charge in [-0.25, -0.2) is 0 Å². The fourth-order valence-corrected chi connectivity index (χ4v) is 4.00. The molecular weight excluding hydrogens is 358 g/mol. The average Bonchev–Trinajstić information content (AvgIpc) is 3.09. The molecule has 1 amide bonds. The third kappa shape index (κ3) is 3.98. The molecule has 7 heteroatoms. The summed E-state index contributed by atoms with van der Waals surface area (Å²) in [5, 5.41) is 13.7. The van der Waals surface area contributed by atoms with Crippen molar-refractivity contribution in [3.05, 3.63) is 42.0 Å². The number of piperidine rings is 1. The third-order valence-electron chi connectivity index (χ3n) is 5.04. The second-order valence-electron chi connectivity index (χ2n) is 7.19. The van der Waals surface area contributed by atoms with Gasteiger partial charge in [-0.3, -0.25) is 4.79 Å². The highest BCUT2D eigenvalue weighted by Crippen LogP contribution is 2.22. The molecule has 3 aromatic rings. The number of hydrogen-bond acceptors (Lipinski definition) is 5. The molecule has 0 atom stereocenters. The molecule has 4 rings (SSSR count). The van der Waals surface area contributed by atoms with Crippen LogP contribution in [-0.4, -0.2) is 49.5 Å². The molecule has 0 saturated carbocycles. The van der Waals surface area contributed by atoms with E-state index < -0.39 is 0 Å². The minimum atomic E-state index is 0.165. The Morgan fingerprint density at radius 3 is 2.59 bits per heavy atom. The predicted molar refractivity (Wildman–Crippen MR) is 107 cm³/mol. The number of thioether (sulfide) groups is 1. The van der Waals surface area contributed by atoms with Gasteiger partial charge >= 0.3 is 0 Å². The molecule has 140 valence electrons. The van der Waals surface area contributed by atoms with E-state index in [4.69, 9.17) is 0 Å². The number of rotatable bonds is 4. The van der Waals surface area contributed by atoms with E-state index in [1.165, 1.54) is 17.3 Å². The highest BCUT2D eigenvalue weighted by molar-refractivity contribution is 7.99. The van der Waals surface area contributed by atoms with Gasteiger partial charge < -0.3 is 4.90 Å². The third-order valence-corrected chi connectivity index (χ3v) is 5.95. The van der Waals surface area contributed by atoms with Crippen LogP contribution in [0.3, 0.4) is 0 Å². The largest absolute Gasteiger partial charge is 0.342 e. The molecule has 1 aliphatic heterocycles. The maximum absolute atomic E-state index is 12.5. The van der Waals surface area contributed by atoms with Crippen LogP contribution in [0.5, 0.6) is 0 Å². The number of benzene rings is 1. The molecule has 1 saturated heterocycles. The highest BCUT2D eigenvalue weighted by Gasteiger charge is 2.21. The van der Waals surface area contributed by atoms with Crippen LogP contribution in [0.25, 0.3) is 16.9 Å². The van der Waals surface area contributed by atoms with E-state index in [-0.39, 0.29) is 5.91 Å². The Labute approximate surface area is 163 Å².